The van der Waals surface area contributed by atoms with Crippen LogP contribution in [0.5, 0.6) is 0 Å². The lowest BCUT2D eigenvalue weighted by atomic mass is 9.49. The van der Waals surface area contributed by atoms with Crippen LogP contribution < -0.4 is 5.32 Å². The molecule has 0 saturated heterocycles. The third-order valence-corrected chi connectivity index (χ3v) is 5.86. The van der Waals surface area contributed by atoms with E-state index in [1.54, 1.807) is 23.0 Å². The lowest BCUT2D eigenvalue weighted by molar-refractivity contribution is -0.140. The predicted octanol–water partition coefficient (Wildman–Crippen LogP) is 2.28. The average molecular weight is 297 g/mol. The first kappa shape index (κ1) is 12.6. The fourth-order valence-corrected chi connectivity index (χ4v) is 5.41. The Balaban J connectivity index is 1.42. The van der Waals surface area contributed by atoms with Gasteiger partial charge in [0.05, 0.1) is 5.41 Å². The number of rotatable bonds is 2. The Hall–Kier alpha value is -1.98. The van der Waals surface area contributed by atoms with E-state index in [-0.39, 0.29) is 11.3 Å². The molecule has 0 spiro atoms. The van der Waals surface area contributed by atoms with E-state index < -0.39 is 0 Å². The third-order valence-electron chi connectivity index (χ3n) is 5.86. The van der Waals surface area contributed by atoms with Crippen LogP contribution in [-0.2, 0) is 4.79 Å². The minimum atomic E-state index is -0.167. The summed E-state index contributed by atoms with van der Waals surface area (Å²) < 4.78 is 1.59. The van der Waals surface area contributed by atoms with Crippen molar-refractivity contribution in [2.24, 2.45) is 23.2 Å². The number of nitrogens with zero attached hydrogens (tertiary/aromatic N) is 4. The molecule has 4 saturated carbocycles. The lowest BCUT2D eigenvalue weighted by Gasteiger charge is -2.55. The summed E-state index contributed by atoms with van der Waals surface area (Å²) in [5.74, 6) is 3.29. The van der Waals surface area contributed by atoms with E-state index in [4.69, 9.17) is 0 Å². The number of carbonyl (C=O) groups is 1. The second kappa shape index (κ2) is 4.27. The van der Waals surface area contributed by atoms with E-state index in [1.165, 1.54) is 19.3 Å². The summed E-state index contributed by atoms with van der Waals surface area (Å²) in [6.07, 6.45) is 10.6. The van der Waals surface area contributed by atoms with E-state index in [9.17, 15) is 4.79 Å². The molecular weight excluding hydrogens is 278 g/mol. The van der Waals surface area contributed by atoms with Gasteiger partial charge in [-0.25, -0.2) is 9.50 Å². The Morgan fingerprint density at radius 1 is 1.18 bits per heavy atom. The second-order valence-electron chi connectivity index (χ2n) is 7.45. The van der Waals surface area contributed by atoms with Crippen molar-refractivity contribution in [1.82, 2.24) is 19.6 Å². The smallest absolute Gasteiger partial charge is 0.253 e. The zero-order valence-electron chi connectivity index (χ0n) is 12.4. The van der Waals surface area contributed by atoms with Crippen molar-refractivity contribution >= 4 is 17.6 Å². The number of anilines is 1. The Kier molecular flexibility index (Phi) is 2.44. The summed E-state index contributed by atoms with van der Waals surface area (Å²) in [6.45, 7) is 0. The van der Waals surface area contributed by atoms with Crippen LogP contribution in [0.1, 0.15) is 38.5 Å². The summed E-state index contributed by atoms with van der Waals surface area (Å²) in [7, 11) is 0. The molecule has 4 bridgehead atoms. The Bertz CT molecular complexity index is 684. The maximum atomic E-state index is 12.9. The molecule has 6 rings (SSSR count). The van der Waals surface area contributed by atoms with Gasteiger partial charge in [0.25, 0.3) is 11.7 Å². The SMILES string of the molecule is O=C(Nc1nc2ncccn2n1)C12CC3CC(CC(C3)C1)C2. The van der Waals surface area contributed by atoms with Crippen LogP contribution >= 0.6 is 0 Å². The minimum absolute atomic E-state index is 0.127. The molecule has 4 aliphatic carbocycles. The normalized spacial score (nSPS) is 35.9. The van der Waals surface area contributed by atoms with Gasteiger partial charge in [-0.3, -0.25) is 10.1 Å². The van der Waals surface area contributed by atoms with Crippen molar-refractivity contribution in [2.45, 2.75) is 38.5 Å². The number of nitrogens with one attached hydrogen (secondary N) is 1. The summed E-state index contributed by atoms with van der Waals surface area (Å²) in [5, 5.41) is 7.26. The zero-order chi connectivity index (χ0) is 14.7. The summed E-state index contributed by atoms with van der Waals surface area (Å²) >= 11 is 0. The number of carbonyl (C=O) groups excluding carboxylic acids is 1. The van der Waals surface area contributed by atoms with Crippen molar-refractivity contribution in [1.29, 1.82) is 0 Å². The molecule has 2 heterocycles. The highest BCUT2D eigenvalue weighted by Gasteiger charge is 2.54. The first-order valence-corrected chi connectivity index (χ1v) is 8.19. The Morgan fingerprint density at radius 2 is 1.86 bits per heavy atom. The average Bonchev–Trinajstić information content (AvgIpc) is 2.88. The monoisotopic (exact) mass is 297 g/mol. The fourth-order valence-electron chi connectivity index (χ4n) is 5.41. The molecule has 0 aliphatic heterocycles. The maximum Gasteiger partial charge on any atom is 0.253 e. The van der Waals surface area contributed by atoms with Gasteiger partial charge in [0.2, 0.25) is 5.91 Å². The van der Waals surface area contributed by atoms with Crippen LogP contribution in [0.4, 0.5) is 5.95 Å². The fraction of sp³-hybridized carbons (Fsp3) is 0.625. The van der Waals surface area contributed by atoms with Gasteiger partial charge in [-0.05, 0) is 62.3 Å². The van der Waals surface area contributed by atoms with Crippen LogP contribution in [0.3, 0.4) is 0 Å². The first-order valence-electron chi connectivity index (χ1n) is 8.19. The molecule has 114 valence electrons. The van der Waals surface area contributed by atoms with Gasteiger partial charge >= 0.3 is 0 Å². The van der Waals surface area contributed by atoms with Crippen molar-refractivity contribution in [3.05, 3.63) is 18.5 Å². The molecule has 6 nitrogen and oxygen atoms in total. The molecule has 1 N–H and O–H groups in total. The molecule has 0 unspecified atom stereocenters. The molecule has 0 radical (unpaired) electrons. The molecule has 22 heavy (non-hydrogen) atoms. The molecule has 4 fully saturated rings. The van der Waals surface area contributed by atoms with Gasteiger partial charge < -0.3 is 0 Å². The van der Waals surface area contributed by atoms with Gasteiger partial charge in [0.1, 0.15) is 0 Å². The van der Waals surface area contributed by atoms with Gasteiger partial charge in [-0.1, -0.05) is 0 Å². The van der Waals surface area contributed by atoms with Crippen LogP contribution in [0.25, 0.3) is 5.78 Å². The van der Waals surface area contributed by atoms with Crippen molar-refractivity contribution in [3.63, 3.8) is 0 Å². The van der Waals surface area contributed by atoms with Crippen molar-refractivity contribution in [2.75, 3.05) is 5.32 Å². The summed E-state index contributed by atoms with van der Waals surface area (Å²) in [5.41, 5.74) is -0.167. The predicted molar refractivity (Wildman–Crippen MR) is 80.0 cm³/mol. The summed E-state index contributed by atoms with van der Waals surface area (Å²) in [4.78, 5) is 21.4. The van der Waals surface area contributed by atoms with Gasteiger partial charge in [0.15, 0.2) is 0 Å². The molecular formula is C16H19N5O. The number of amides is 1. The number of aromatic nitrogens is 4. The molecule has 0 aromatic carbocycles. The van der Waals surface area contributed by atoms with Crippen molar-refractivity contribution in [3.8, 4) is 0 Å². The van der Waals surface area contributed by atoms with Gasteiger partial charge in [-0.2, -0.15) is 4.98 Å². The van der Waals surface area contributed by atoms with Crippen LogP contribution in [0.15, 0.2) is 18.5 Å². The molecule has 2 aromatic heterocycles. The van der Waals surface area contributed by atoms with Crippen LogP contribution in [-0.4, -0.2) is 25.5 Å². The zero-order valence-corrected chi connectivity index (χ0v) is 12.4. The highest BCUT2D eigenvalue weighted by Crippen LogP contribution is 2.60. The van der Waals surface area contributed by atoms with Gasteiger partial charge in [-0.15, -0.1) is 5.10 Å². The highest BCUT2D eigenvalue weighted by molar-refractivity contribution is 5.94. The molecule has 0 atom stereocenters. The van der Waals surface area contributed by atoms with Crippen molar-refractivity contribution < 1.29 is 4.79 Å². The lowest BCUT2D eigenvalue weighted by Crippen LogP contribution is -2.51. The topological polar surface area (TPSA) is 72.2 Å². The summed E-state index contributed by atoms with van der Waals surface area (Å²) in [6, 6.07) is 1.80. The van der Waals surface area contributed by atoms with Gasteiger partial charge in [0, 0.05) is 12.4 Å². The third kappa shape index (κ3) is 1.79. The highest BCUT2D eigenvalue weighted by atomic mass is 16.2. The van der Waals surface area contributed by atoms with Crippen LogP contribution in [0, 0.1) is 23.2 Å². The second-order valence-corrected chi connectivity index (χ2v) is 7.45. The molecule has 6 heteroatoms. The molecule has 2 aromatic rings. The van der Waals surface area contributed by atoms with E-state index in [0.717, 1.165) is 37.0 Å². The quantitative estimate of drug-likeness (QED) is 0.923. The standard InChI is InChI=1S/C16H19N5O/c22-13(18-14-19-15-17-2-1-3-21(15)20-14)16-7-10-4-11(8-16)6-12(5-10)9-16/h1-3,10-12H,4-9H2,(H,18,20,22). The minimum Gasteiger partial charge on any atom is -0.293 e. The molecule has 1 amide bonds. The maximum absolute atomic E-state index is 12.9. The Morgan fingerprint density at radius 3 is 2.50 bits per heavy atom. The largest absolute Gasteiger partial charge is 0.293 e. The number of hydrogen-bond donors (Lipinski definition) is 1. The number of fused-ring (bicyclic) bond motifs is 1. The molecule has 4 aliphatic rings. The van der Waals surface area contributed by atoms with E-state index in [2.05, 4.69) is 20.4 Å². The van der Waals surface area contributed by atoms with E-state index in [0.29, 0.717) is 11.7 Å². The van der Waals surface area contributed by atoms with Crippen LogP contribution in [0.2, 0.25) is 0 Å². The van der Waals surface area contributed by atoms with E-state index >= 15 is 0 Å². The van der Waals surface area contributed by atoms with E-state index in [1.807, 2.05) is 0 Å². The number of hydrogen-bond acceptors (Lipinski definition) is 4. The Labute approximate surface area is 128 Å². The first-order chi connectivity index (χ1) is 10.7.